The molecule has 0 bridgehead atoms. The minimum absolute atomic E-state index is 0. The third kappa shape index (κ3) is 6.12. The molecule has 1 unspecified atom stereocenters. The van der Waals surface area contributed by atoms with Crippen LogP contribution in [0.25, 0.3) is 0 Å². The summed E-state index contributed by atoms with van der Waals surface area (Å²) in [5.41, 5.74) is 2.60. The molecule has 0 aromatic heterocycles. The van der Waals surface area contributed by atoms with Crippen molar-refractivity contribution in [2.24, 2.45) is 4.99 Å². The van der Waals surface area contributed by atoms with Gasteiger partial charge in [0.25, 0.3) is 0 Å². The second-order valence-electron chi connectivity index (χ2n) is 5.99. The molecule has 1 aromatic rings. The Labute approximate surface area is 151 Å². The van der Waals surface area contributed by atoms with Crippen LogP contribution in [0.15, 0.2) is 29.3 Å². The van der Waals surface area contributed by atoms with Gasteiger partial charge >= 0.3 is 0 Å². The number of aliphatic imine (C=N–C) groups is 1. The lowest BCUT2D eigenvalue weighted by molar-refractivity contribution is 0.0243. The predicted octanol–water partition coefficient (Wildman–Crippen LogP) is 2.89. The van der Waals surface area contributed by atoms with Crippen molar-refractivity contribution >= 4 is 29.9 Å². The van der Waals surface area contributed by atoms with Crippen molar-refractivity contribution in [3.05, 3.63) is 35.4 Å². The fraction of sp³-hybridized carbons (Fsp3) is 0.588. The molecule has 1 aliphatic rings. The van der Waals surface area contributed by atoms with Crippen molar-refractivity contribution in [1.29, 1.82) is 0 Å². The largest absolute Gasteiger partial charge is 0.373 e. The molecule has 22 heavy (non-hydrogen) atoms. The summed E-state index contributed by atoms with van der Waals surface area (Å²) >= 11 is 0. The maximum atomic E-state index is 5.78. The fourth-order valence-corrected chi connectivity index (χ4v) is 2.55. The number of benzene rings is 1. The number of halogens is 1. The minimum atomic E-state index is -0.0470. The summed E-state index contributed by atoms with van der Waals surface area (Å²) in [5.74, 6) is 0.846. The zero-order valence-electron chi connectivity index (χ0n) is 13.8. The van der Waals surface area contributed by atoms with Crippen LogP contribution < -0.4 is 10.6 Å². The average Bonchev–Trinajstić information content (AvgIpc) is 2.92. The molecule has 0 radical (unpaired) electrons. The summed E-state index contributed by atoms with van der Waals surface area (Å²) in [5, 5.41) is 6.72. The molecule has 0 spiro atoms. The molecule has 124 valence electrons. The lowest BCUT2D eigenvalue weighted by Crippen LogP contribution is -2.45. The van der Waals surface area contributed by atoms with Gasteiger partial charge in [-0.1, -0.05) is 29.8 Å². The fourth-order valence-electron chi connectivity index (χ4n) is 2.55. The standard InChI is InChI=1S/C17H27N3O.HI/c1-14-5-7-15(8-6-14)9-11-19-16(18-3)20-13-17(2)10-4-12-21-17;/h5-8H,4,9-13H2,1-3H3,(H2,18,19,20);1H. The molecular formula is C17H28IN3O. The highest BCUT2D eigenvalue weighted by Crippen LogP contribution is 2.23. The van der Waals surface area contributed by atoms with Crippen molar-refractivity contribution in [3.8, 4) is 0 Å². The normalized spacial score (nSPS) is 21.3. The van der Waals surface area contributed by atoms with Crippen molar-refractivity contribution in [2.75, 3.05) is 26.7 Å². The second-order valence-corrected chi connectivity index (χ2v) is 5.99. The molecule has 1 saturated heterocycles. The Kier molecular flexibility index (Phi) is 8.17. The minimum Gasteiger partial charge on any atom is -0.373 e. The second kappa shape index (κ2) is 9.35. The van der Waals surface area contributed by atoms with E-state index in [1.807, 2.05) is 0 Å². The summed E-state index contributed by atoms with van der Waals surface area (Å²) < 4.78 is 5.78. The highest BCUT2D eigenvalue weighted by molar-refractivity contribution is 14.0. The number of ether oxygens (including phenoxy) is 1. The van der Waals surface area contributed by atoms with E-state index >= 15 is 0 Å². The number of hydrogen-bond acceptors (Lipinski definition) is 2. The summed E-state index contributed by atoms with van der Waals surface area (Å²) in [4.78, 5) is 4.26. The van der Waals surface area contributed by atoms with Gasteiger partial charge < -0.3 is 15.4 Å². The molecule has 2 rings (SSSR count). The zero-order chi connectivity index (χ0) is 15.1. The van der Waals surface area contributed by atoms with Gasteiger partial charge in [0, 0.05) is 26.7 Å². The Morgan fingerprint density at radius 2 is 2.00 bits per heavy atom. The van der Waals surface area contributed by atoms with Crippen LogP contribution >= 0.6 is 24.0 Å². The number of aryl methyl sites for hydroxylation is 1. The van der Waals surface area contributed by atoms with Crippen molar-refractivity contribution in [1.82, 2.24) is 10.6 Å². The summed E-state index contributed by atoms with van der Waals surface area (Å²) in [7, 11) is 1.80. The van der Waals surface area contributed by atoms with Crippen LogP contribution in [-0.2, 0) is 11.2 Å². The van der Waals surface area contributed by atoms with Gasteiger partial charge in [0.05, 0.1) is 5.60 Å². The maximum Gasteiger partial charge on any atom is 0.191 e. The van der Waals surface area contributed by atoms with Crippen LogP contribution in [0.3, 0.4) is 0 Å². The third-order valence-electron chi connectivity index (χ3n) is 3.98. The molecule has 1 aliphatic heterocycles. The third-order valence-corrected chi connectivity index (χ3v) is 3.98. The van der Waals surface area contributed by atoms with E-state index in [0.29, 0.717) is 0 Å². The number of nitrogens with zero attached hydrogens (tertiary/aromatic N) is 1. The Morgan fingerprint density at radius 3 is 2.59 bits per heavy atom. The quantitative estimate of drug-likeness (QED) is 0.440. The molecule has 4 nitrogen and oxygen atoms in total. The van der Waals surface area contributed by atoms with Gasteiger partial charge in [-0.3, -0.25) is 4.99 Å². The summed E-state index contributed by atoms with van der Waals surface area (Å²) in [6, 6.07) is 8.67. The first-order chi connectivity index (χ1) is 10.1. The molecule has 0 amide bonds. The number of rotatable bonds is 5. The van der Waals surface area contributed by atoms with Gasteiger partial charge in [0.2, 0.25) is 0 Å². The van der Waals surface area contributed by atoms with Gasteiger partial charge in [-0.15, -0.1) is 24.0 Å². The molecular weight excluding hydrogens is 389 g/mol. The summed E-state index contributed by atoms with van der Waals surface area (Å²) in [6.07, 6.45) is 3.26. The van der Waals surface area contributed by atoms with Gasteiger partial charge in [0.15, 0.2) is 5.96 Å². The van der Waals surface area contributed by atoms with Crippen molar-refractivity contribution in [2.45, 2.75) is 38.7 Å². The van der Waals surface area contributed by atoms with Crippen LogP contribution in [0.4, 0.5) is 0 Å². The van der Waals surface area contributed by atoms with Gasteiger partial charge in [-0.2, -0.15) is 0 Å². The van der Waals surface area contributed by atoms with Gasteiger partial charge in [-0.25, -0.2) is 0 Å². The van der Waals surface area contributed by atoms with Crippen LogP contribution in [-0.4, -0.2) is 38.3 Å². The average molecular weight is 417 g/mol. The zero-order valence-corrected chi connectivity index (χ0v) is 16.1. The molecule has 2 N–H and O–H groups in total. The smallest absolute Gasteiger partial charge is 0.191 e. The Morgan fingerprint density at radius 1 is 1.27 bits per heavy atom. The number of nitrogens with one attached hydrogen (secondary N) is 2. The molecule has 1 atom stereocenters. The van der Waals surface area contributed by atoms with E-state index in [2.05, 4.69) is 53.7 Å². The first-order valence-corrected chi connectivity index (χ1v) is 7.75. The van der Waals surface area contributed by atoms with E-state index in [1.165, 1.54) is 11.1 Å². The molecule has 1 fully saturated rings. The maximum absolute atomic E-state index is 5.78. The lowest BCUT2D eigenvalue weighted by atomic mass is 10.0. The Hall–Kier alpha value is -0.820. The predicted molar refractivity (Wildman–Crippen MR) is 103 cm³/mol. The first kappa shape index (κ1) is 19.2. The lowest BCUT2D eigenvalue weighted by Gasteiger charge is -2.24. The first-order valence-electron chi connectivity index (χ1n) is 7.75. The molecule has 0 saturated carbocycles. The Balaban J connectivity index is 0.00000242. The van der Waals surface area contributed by atoms with E-state index < -0.39 is 0 Å². The van der Waals surface area contributed by atoms with E-state index in [9.17, 15) is 0 Å². The summed E-state index contributed by atoms with van der Waals surface area (Å²) in [6.45, 7) is 6.82. The Bertz CT molecular complexity index is 467. The van der Waals surface area contributed by atoms with E-state index in [-0.39, 0.29) is 29.6 Å². The van der Waals surface area contributed by atoms with E-state index in [1.54, 1.807) is 7.05 Å². The molecule has 1 heterocycles. The van der Waals surface area contributed by atoms with E-state index in [0.717, 1.165) is 44.9 Å². The monoisotopic (exact) mass is 417 g/mol. The number of guanidine groups is 1. The molecule has 0 aliphatic carbocycles. The van der Waals surface area contributed by atoms with Crippen LogP contribution in [0.1, 0.15) is 30.9 Å². The highest BCUT2D eigenvalue weighted by Gasteiger charge is 2.29. The van der Waals surface area contributed by atoms with Crippen LogP contribution in [0, 0.1) is 6.92 Å². The molecule has 1 aromatic carbocycles. The van der Waals surface area contributed by atoms with Crippen molar-refractivity contribution < 1.29 is 4.74 Å². The van der Waals surface area contributed by atoms with Crippen molar-refractivity contribution in [3.63, 3.8) is 0 Å². The van der Waals surface area contributed by atoms with E-state index in [4.69, 9.17) is 4.74 Å². The number of hydrogen-bond donors (Lipinski definition) is 2. The van der Waals surface area contributed by atoms with Gasteiger partial charge in [-0.05, 0) is 38.7 Å². The topological polar surface area (TPSA) is 45.7 Å². The molecule has 5 heteroatoms. The van der Waals surface area contributed by atoms with Gasteiger partial charge in [0.1, 0.15) is 0 Å². The van der Waals surface area contributed by atoms with Crippen LogP contribution in [0.5, 0.6) is 0 Å². The van der Waals surface area contributed by atoms with Crippen LogP contribution in [0.2, 0.25) is 0 Å². The highest BCUT2D eigenvalue weighted by atomic mass is 127. The SMILES string of the molecule is CN=C(NCCc1ccc(C)cc1)NCC1(C)CCCO1.I.